The Morgan fingerprint density at radius 2 is 1.77 bits per heavy atom. The maximum atomic E-state index is 12.3. The van der Waals surface area contributed by atoms with Gasteiger partial charge in [0.1, 0.15) is 0 Å². The molecule has 0 saturated heterocycles. The molecule has 2 heterocycles. The van der Waals surface area contributed by atoms with Crippen LogP contribution in [0, 0.1) is 0 Å². The predicted molar refractivity (Wildman–Crippen MR) is 120 cm³/mol. The molecule has 0 radical (unpaired) electrons. The summed E-state index contributed by atoms with van der Waals surface area (Å²) < 4.78 is 2.01. The fourth-order valence-electron chi connectivity index (χ4n) is 4.34. The van der Waals surface area contributed by atoms with Crippen LogP contribution in [0.3, 0.4) is 0 Å². The number of para-hydroxylation sites is 1. The molecule has 4 rings (SSSR count). The zero-order valence-corrected chi connectivity index (χ0v) is 17.9. The van der Waals surface area contributed by atoms with Gasteiger partial charge in [0.15, 0.2) is 0 Å². The summed E-state index contributed by atoms with van der Waals surface area (Å²) in [5, 5.41) is 4.80. The van der Waals surface area contributed by atoms with Gasteiger partial charge in [0.25, 0.3) is 0 Å². The van der Waals surface area contributed by atoms with E-state index < -0.39 is 0 Å². The molecule has 0 bridgehead atoms. The van der Waals surface area contributed by atoms with Crippen molar-refractivity contribution in [2.24, 2.45) is 7.05 Å². The largest absolute Gasteiger partial charge is 0.307 e. The molecule has 0 aliphatic carbocycles. The Morgan fingerprint density at radius 1 is 1.07 bits per heavy atom. The van der Waals surface area contributed by atoms with Crippen LogP contribution in [0.4, 0.5) is 5.69 Å². The quantitative estimate of drug-likeness (QED) is 0.601. The SMILES string of the molecule is CC(=O)N(Cc1nn(C)c2c1CN(CCCc1ccccc1)CC2)c1ccccc1. The van der Waals surface area contributed by atoms with Crippen LogP contribution >= 0.6 is 0 Å². The summed E-state index contributed by atoms with van der Waals surface area (Å²) in [4.78, 5) is 16.7. The molecule has 0 N–H and O–H groups in total. The number of aromatic nitrogens is 2. The van der Waals surface area contributed by atoms with Crippen LogP contribution in [-0.2, 0) is 37.8 Å². The lowest BCUT2D eigenvalue weighted by Crippen LogP contribution is -2.33. The zero-order valence-electron chi connectivity index (χ0n) is 17.9. The molecule has 0 spiro atoms. The second-order valence-electron chi connectivity index (χ2n) is 8.05. The highest BCUT2D eigenvalue weighted by atomic mass is 16.2. The van der Waals surface area contributed by atoms with E-state index in [1.54, 1.807) is 6.92 Å². The van der Waals surface area contributed by atoms with Crippen molar-refractivity contribution in [3.05, 3.63) is 83.2 Å². The first kappa shape index (κ1) is 20.4. The van der Waals surface area contributed by atoms with E-state index in [0.29, 0.717) is 6.54 Å². The van der Waals surface area contributed by atoms with Crippen LogP contribution < -0.4 is 4.90 Å². The van der Waals surface area contributed by atoms with Gasteiger partial charge in [-0.25, -0.2) is 0 Å². The van der Waals surface area contributed by atoms with Crippen molar-refractivity contribution in [3.63, 3.8) is 0 Å². The second-order valence-corrected chi connectivity index (χ2v) is 8.05. The fraction of sp³-hybridized carbons (Fsp3) is 0.360. The standard InChI is InChI=1S/C25H30N4O/c1-20(30)29(22-13-7-4-8-14-22)19-24-23-18-28(17-15-25(23)27(2)26-24)16-9-12-21-10-5-3-6-11-21/h3-8,10-11,13-14H,9,12,15-19H2,1-2H3. The third-order valence-corrected chi connectivity index (χ3v) is 5.94. The van der Waals surface area contributed by atoms with Crippen LogP contribution in [0.5, 0.6) is 0 Å². The van der Waals surface area contributed by atoms with E-state index in [1.807, 2.05) is 47.0 Å². The van der Waals surface area contributed by atoms with Crippen LogP contribution in [0.25, 0.3) is 0 Å². The molecule has 156 valence electrons. The number of carbonyl (C=O) groups excluding carboxylic acids is 1. The fourth-order valence-corrected chi connectivity index (χ4v) is 4.34. The monoisotopic (exact) mass is 402 g/mol. The molecular weight excluding hydrogens is 372 g/mol. The summed E-state index contributed by atoms with van der Waals surface area (Å²) in [6.07, 6.45) is 3.27. The molecule has 2 aromatic carbocycles. The minimum atomic E-state index is 0.0381. The lowest BCUT2D eigenvalue weighted by atomic mass is 10.0. The van der Waals surface area contributed by atoms with Crippen molar-refractivity contribution in [1.82, 2.24) is 14.7 Å². The molecule has 1 aliphatic heterocycles. The summed E-state index contributed by atoms with van der Waals surface area (Å²) in [5.41, 5.74) is 5.93. The highest BCUT2D eigenvalue weighted by molar-refractivity contribution is 5.91. The number of benzene rings is 2. The summed E-state index contributed by atoms with van der Waals surface area (Å²) in [7, 11) is 2.02. The van der Waals surface area contributed by atoms with Gasteiger partial charge in [0.2, 0.25) is 5.91 Å². The maximum absolute atomic E-state index is 12.3. The molecule has 5 nitrogen and oxygen atoms in total. The van der Waals surface area contributed by atoms with E-state index in [-0.39, 0.29) is 5.91 Å². The van der Waals surface area contributed by atoms with Crippen molar-refractivity contribution in [2.45, 2.75) is 39.3 Å². The minimum Gasteiger partial charge on any atom is -0.307 e. The summed E-state index contributed by atoms with van der Waals surface area (Å²) in [6, 6.07) is 20.6. The maximum Gasteiger partial charge on any atom is 0.224 e. The zero-order chi connectivity index (χ0) is 20.9. The molecule has 0 saturated carbocycles. The van der Waals surface area contributed by atoms with Gasteiger partial charge >= 0.3 is 0 Å². The number of hydrogen-bond acceptors (Lipinski definition) is 3. The first-order valence-electron chi connectivity index (χ1n) is 10.7. The number of rotatable bonds is 7. The third-order valence-electron chi connectivity index (χ3n) is 5.94. The number of aryl methyl sites for hydroxylation is 2. The van der Waals surface area contributed by atoms with E-state index in [9.17, 15) is 4.79 Å². The Balaban J connectivity index is 1.45. The van der Waals surface area contributed by atoms with Crippen molar-refractivity contribution in [3.8, 4) is 0 Å². The summed E-state index contributed by atoms with van der Waals surface area (Å²) in [5.74, 6) is 0.0381. The molecule has 1 aromatic heterocycles. The van der Waals surface area contributed by atoms with Crippen molar-refractivity contribution < 1.29 is 4.79 Å². The minimum absolute atomic E-state index is 0.0381. The predicted octanol–water partition coefficient (Wildman–Crippen LogP) is 3.96. The highest BCUT2D eigenvalue weighted by Gasteiger charge is 2.25. The highest BCUT2D eigenvalue weighted by Crippen LogP contribution is 2.25. The van der Waals surface area contributed by atoms with E-state index >= 15 is 0 Å². The van der Waals surface area contributed by atoms with Gasteiger partial charge in [-0.3, -0.25) is 14.4 Å². The summed E-state index contributed by atoms with van der Waals surface area (Å²) >= 11 is 0. The molecule has 0 atom stereocenters. The number of carbonyl (C=O) groups is 1. The number of anilines is 1. The molecule has 0 unspecified atom stereocenters. The smallest absolute Gasteiger partial charge is 0.224 e. The van der Waals surface area contributed by atoms with E-state index in [2.05, 4.69) is 35.2 Å². The van der Waals surface area contributed by atoms with Crippen LogP contribution in [0.2, 0.25) is 0 Å². The number of nitrogens with zero attached hydrogens (tertiary/aromatic N) is 4. The number of amides is 1. The van der Waals surface area contributed by atoms with Crippen LogP contribution in [-0.4, -0.2) is 33.7 Å². The molecule has 0 fully saturated rings. The number of fused-ring (bicyclic) bond motifs is 1. The Hall–Kier alpha value is -2.92. The van der Waals surface area contributed by atoms with E-state index in [0.717, 1.165) is 50.3 Å². The van der Waals surface area contributed by atoms with Gasteiger partial charge in [0.05, 0.1) is 12.2 Å². The first-order chi connectivity index (χ1) is 14.6. The molecule has 3 aromatic rings. The lowest BCUT2D eigenvalue weighted by Gasteiger charge is -2.28. The molecule has 1 amide bonds. The van der Waals surface area contributed by atoms with Gasteiger partial charge < -0.3 is 4.90 Å². The third kappa shape index (κ3) is 4.62. The average molecular weight is 403 g/mol. The Morgan fingerprint density at radius 3 is 2.47 bits per heavy atom. The van der Waals surface area contributed by atoms with E-state index in [1.165, 1.54) is 16.8 Å². The Kier molecular flexibility index (Phi) is 6.29. The topological polar surface area (TPSA) is 41.4 Å². The summed E-state index contributed by atoms with van der Waals surface area (Å²) in [6.45, 7) is 5.19. The van der Waals surface area contributed by atoms with Gasteiger partial charge in [-0.2, -0.15) is 5.10 Å². The Labute approximate surface area is 178 Å². The van der Waals surface area contributed by atoms with Gasteiger partial charge in [0, 0.05) is 50.4 Å². The average Bonchev–Trinajstić information content (AvgIpc) is 3.08. The molecular formula is C25H30N4O. The molecule has 5 heteroatoms. The second kappa shape index (κ2) is 9.26. The van der Waals surface area contributed by atoms with Gasteiger partial charge in [-0.1, -0.05) is 48.5 Å². The van der Waals surface area contributed by atoms with Crippen molar-refractivity contribution >= 4 is 11.6 Å². The molecule has 1 aliphatic rings. The van der Waals surface area contributed by atoms with Crippen LogP contribution in [0.1, 0.15) is 35.9 Å². The molecule has 30 heavy (non-hydrogen) atoms. The van der Waals surface area contributed by atoms with E-state index in [4.69, 9.17) is 5.10 Å². The first-order valence-corrected chi connectivity index (χ1v) is 10.7. The van der Waals surface area contributed by atoms with Crippen LogP contribution in [0.15, 0.2) is 60.7 Å². The lowest BCUT2D eigenvalue weighted by molar-refractivity contribution is -0.116. The Bertz CT molecular complexity index is 981. The van der Waals surface area contributed by atoms with Crippen molar-refractivity contribution in [2.75, 3.05) is 18.0 Å². The normalized spacial score (nSPS) is 13.8. The number of hydrogen-bond donors (Lipinski definition) is 0. The van der Waals surface area contributed by atoms with Gasteiger partial charge in [-0.05, 0) is 37.1 Å². The van der Waals surface area contributed by atoms with Crippen molar-refractivity contribution in [1.29, 1.82) is 0 Å². The van der Waals surface area contributed by atoms with Gasteiger partial charge in [-0.15, -0.1) is 0 Å².